The number of rotatable bonds is 8. The largest absolute Gasteiger partial charge is 0.466 e. The zero-order valence-corrected chi connectivity index (χ0v) is 18.8. The van der Waals surface area contributed by atoms with E-state index in [0.717, 1.165) is 5.56 Å². The molecule has 176 valence electrons. The Bertz CT molecular complexity index is 990. The van der Waals surface area contributed by atoms with Gasteiger partial charge >= 0.3 is 5.97 Å². The lowest BCUT2D eigenvalue weighted by Crippen LogP contribution is -2.48. The topological polar surface area (TPSA) is 122 Å². The molecule has 0 saturated carbocycles. The Balaban J connectivity index is 1.46. The highest BCUT2D eigenvalue weighted by atomic mass is 16.5. The first-order valence-corrected chi connectivity index (χ1v) is 10.9. The molecule has 1 saturated heterocycles. The van der Waals surface area contributed by atoms with Crippen LogP contribution in [0.5, 0.6) is 0 Å². The normalized spacial score (nSPS) is 15.6. The number of carbonyl (C=O) groups is 4. The molecule has 0 bridgehead atoms. The highest BCUT2D eigenvalue weighted by Gasteiger charge is 2.30. The first-order valence-electron chi connectivity index (χ1n) is 10.9. The molecule has 0 spiro atoms. The Morgan fingerprint density at radius 2 is 2.00 bits per heavy atom. The van der Waals surface area contributed by atoms with Crippen LogP contribution in [0.15, 0.2) is 40.9 Å². The molecule has 1 aliphatic heterocycles. The summed E-state index contributed by atoms with van der Waals surface area (Å²) in [6, 6.07) is 10.7. The minimum Gasteiger partial charge on any atom is -0.466 e. The Hall–Kier alpha value is -3.69. The summed E-state index contributed by atoms with van der Waals surface area (Å²) < 4.78 is 10.3. The predicted octanol–water partition coefficient (Wildman–Crippen LogP) is 1.33. The second-order valence-electron chi connectivity index (χ2n) is 7.81. The SMILES string of the molecule is CCOC(=O)C1CCCN(C(=O)CN(C)C(=O)CNC(=O)c2cc(-c3ccccc3)on2)C1. The maximum Gasteiger partial charge on any atom is 0.310 e. The van der Waals surface area contributed by atoms with Crippen molar-refractivity contribution in [1.29, 1.82) is 0 Å². The Morgan fingerprint density at radius 1 is 1.24 bits per heavy atom. The van der Waals surface area contributed by atoms with Gasteiger partial charge in [0.1, 0.15) is 0 Å². The molecular weight excluding hydrogens is 428 g/mol. The minimum absolute atomic E-state index is 0.0544. The lowest BCUT2D eigenvalue weighted by atomic mass is 9.98. The minimum atomic E-state index is -0.553. The van der Waals surface area contributed by atoms with Gasteiger partial charge < -0.3 is 24.4 Å². The average Bonchev–Trinajstić information content (AvgIpc) is 3.33. The van der Waals surface area contributed by atoms with Gasteiger partial charge in [0.2, 0.25) is 11.8 Å². The van der Waals surface area contributed by atoms with Crippen LogP contribution in [-0.2, 0) is 19.1 Å². The number of nitrogens with zero attached hydrogens (tertiary/aromatic N) is 3. The van der Waals surface area contributed by atoms with Crippen LogP contribution < -0.4 is 5.32 Å². The number of ether oxygens (including phenoxy) is 1. The van der Waals surface area contributed by atoms with Crippen LogP contribution in [-0.4, -0.2) is 78.5 Å². The maximum absolute atomic E-state index is 12.6. The quantitative estimate of drug-likeness (QED) is 0.595. The van der Waals surface area contributed by atoms with E-state index in [1.807, 2.05) is 30.3 Å². The van der Waals surface area contributed by atoms with Crippen molar-refractivity contribution in [3.63, 3.8) is 0 Å². The smallest absolute Gasteiger partial charge is 0.310 e. The van der Waals surface area contributed by atoms with Gasteiger partial charge in [-0.25, -0.2) is 0 Å². The molecule has 0 aliphatic carbocycles. The van der Waals surface area contributed by atoms with Gasteiger partial charge in [-0.15, -0.1) is 0 Å². The van der Waals surface area contributed by atoms with Gasteiger partial charge in [0, 0.05) is 31.8 Å². The summed E-state index contributed by atoms with van der Waals surface area (Å²) in [5.74, 6) is -1.44. The van der Waals surface area contributed by atoms with Crippen LogP contribution in [0, 0.1) is 5.92 Å². The van der Waals surface area contributed by atoms with Crippen molar-refractivity contribution in [2.45, 2.75) is 19.8 Å². The molecule has 1 aromatic heterocycles. The standard InChI is InChI=1S/C23H28N4O6/c1-3-32-23(31)17-10-7-11-27(14-17)21(29)15-26(2)20(28)13-24-22(30)18-12-19(33-25-18)16-8-5-4-6-9-16/h4-6,8-9,12,17H,3,7,10-11,13-15H2,1-2H3,(H,24,30). The molecular formula is C23H28N4O6. The third kappa shape index (κ3) is 6.41. The second kappa shape index (κ2) is 11.3. The molecule has 10 nitrogen and oxygen atoms in total. The molecule has 10 heteroatoms. The van der Waals surface area contributed by atoms with Gasteiger partial charge in [-0.3, -0.25) is 19.2 Å². The molecule has 1 aromatic carbocycles. The molecule has 1 fully saturated rings. The number of amides is 3. The van der Waals surface area contributed by atoms with E-state index < -0.39 is 11.8 Å². The molecule has 1 N–H and O–H groups in total. The third-order valence-corrected chi connectivity index (χ3v) is 5.39. The fourth-order valence-corrected chi connectivity index (χ4v) is 3.55. The number of nitrogens with one attached hydrogen (secondary N) is 1. The van der Waals surface area contributed by atoms with Crippen LogP contribution in [0.1, 0.15) is 30.3 Å². The van der Waals surface area contributed by atoms with Crippen molar-refractivity contribution < 1.29 is 28.4 Å². The number of piperidine rings is 1. The van der Waals surface area contributed by atoms with Crippen molar-refractivity contribution in [2.75, 3.05) is 39.8 Å². The van der Waals surface area contributed by atoms with Crippen LogP contribution in [0.3, 0.4) is 0 Å². The van der Waals surface area contributed by atoms with Crippen LogP contribution in [0.25, 0.3) is 11.3 Å². The molecule has 33 heavy (non-hydrogen) atoms. The van der Waals surface area contributed by atoms with E-state index in [1.165, 1.54) is 18.0 Å². The monoisotopic (exact) mass is 456 g/mol. The van der Waals surface area contributed by atoms with E-state index in [2.05, 4.69) is 10.5 Å². The summed E-state index contributed by atoms with van der Waals surface area (Å²) in [6.07, 6.45) is 1.38. The number of esters is 1. The highest BCUT2D eigenvalue weighted by molar-refractivity contribution is 5.96. The first-order chi connectivity index (χ1) is 15.9. The van der Waals surface area contributed by atoms with Crippen molar-refractivity contribution in [2.24, 2.45) is 5.92 Å². The van der Waals surface area contributed by atoms with Gasteiger partial charge in [0.05, 0.1) is 25.6 Å². The summed E-state index contributed by atoms with van der Waals surface area (Å²) in [7, 11) is 1.49. The summed E-state index contributed by atoms with van der Waals surface area (Å²) >= 11 is 0. The number of hydrogen-bond donors (Lipinski definition) is 1. The van der Waals surface area contributed by atoms with Crippen molar-refractivity contribution in [3.8, 4) is 11.3 Å². The summed E-state index contributed by atoms with van der Waals surface area (Å²) in [5, 5.41) is 6.24. The van der Waals surface area contributed by atoms with E-state index in [-0.39, 0.29) is 43.1 Å². The van der Waals surface area contributed by atoms with Gasteiger partial charge in [0.15, 0.2) is 11.5 Å². The maximum atomic E-state index is 12.6. The highest BCUT2D eigenvalue weighted by Crippen LogP contribution is 2.20. The Morgan fingerprint density at radius 3 is 2.73 bits per heavy atom. The second-order valence-corrected chi connectivity index (χ2v) is 7.81. The van der Waals surface area contributed by atoms with Crippen LogP contribution in [0.4, 0.5) is 0 Å². The molecule has 3 rings (SSSR count). The fourth-order valence-electron chi connectivity index (χ4n) is 3.55. The van der Waals surface area contributed by atoms with E-state index in [4.69, 9.17) is 9.26 Å². The average molecular weight is 456 g/mol. The Labute approximate surface area is 191 Å². The summed E-state index contributed by atoms with van der Waals surface area (Å²) in [4.78, 5) is 52.1. The number of carbonyl (C=O) groups excluding carboxylic acids is 4. The number of aromatic nitrogens is 1. The number of likely N-dealkylation sites (tertiary alicyclic amines) is 1. The van der Waals surface area contributed by atoms with Gasteiger partial charge in [-0.1, -0.05) is 35.5 Å². The molecule has 1 aliphatic rings. The number of hydrogen-bond acceptors (Lipinski definition) is 7. The summed E-state index contributed by atoms with van der Waals surface area (Å²) in [5.41, 5.74) is 0.833. The van der Waals surface area contributed by atoms with Crippen molar-refractivity contribution in [3.05, 3.63) is 42.1 Å². The molecule has 0 radical (unpaired) electrons. The molecule has 1 atom stereocenters. The molecule has 2 heterocycles. The molecule has 1 unspecified atom stereocenters. The molecule has 3 amide bonds. The zero-order valence-electron chi connectivity index (χ0n) is 18.8. The van der Waals surface area contributed by atoms with E-state index in [1.54, 1.807) is 11.8 Å². The van der Waals surface area contributed by atoms with Crippen molar-refractivity contribution in [1.82, 2.24) is 20.3 Å². The van der Waals surface area contributed by atoms with Gasteiger partial charge in [-0.2, -0.15) is 0 Å². The summed E-state index contributed by atoms with van der Waals surface area (Å²) in [6.45, 7) is 2.42. The number of likely N-dealkylation sites (N-methyl/N-ethyl adjacent to an activating group) is 1. The zero-order chi connectivity index (χ0) is 23.8. The molecule has 2 aromatic rings. The van der Waals surface area contributed by atoms with E-state index in [9.17, 15) is 19.2 Å². The lowest BCUT2D eigenvalue weighted by molar-refractivity contribution is -0.152. The Kier molecular flexibility index (Phi) is 8.17. The third-order valence-electron chi connectivity index (χ3n) is 5.39. The van der Waals surface area contributed by atoms with E-state index >= 15 is 0 Å². The first kappa shape index (κ1) is 24.0. The lowest BCUT2D eigenvalue weighted by Gasteiger charge is -2.32. The van der Waals surface area contributed by atoms with Crippen LogP contribution in [0.2, 0.25) is 0 Å². The fraction of sp³-hybridized carbons (Fsp3) is 0.435. The predicted molar refractivity (Wildman–Crippen MR) is 118 cm³/mol. The van der Waals surface area contributed by atoms with E-state index in [0.29, 0.717) is 31.8 Å². The van der Waals surface area contributed by atoms with Crippen LogP contribution >= 0.6 is 0 Å². The number of benzene rings is 1. The van der Waals surface area contributed by atoms with Crippen molar-refractivity contribution >= 4 is 23.7 Å². The van der Waals surface area contributed by atoms with Gasteiger partial charge in [-0.05, 0) is 19.8 Å². The van der Waals surface area contributed by atoms with Gasteiger partial charge in [0.25, 0.3) is 5.91 Å².